The Hall–Kier alpha value is -1.98. The fourth-order valence-electron chi connectivity index (χ4n) is 2.05. The third-order valence-electron chi connectivity index (χ3n) is 3.07. The monoisotopic (exact) mass is 336 g/mol. The Morgan fingerprint density at radius 1 is 1.22 bits per heavy atom. The topological polar surface area (TPSA) is 52.6 Å². The maximum atomic E-state index is 6.25. The van der Waals surface area contributed by atoms with Crippen LogP contribution in [-0.2, 0) is 6.54 Å². The van der Waals surface area contributed by atoms with Crippen LogP contribution in [0.1, 0.15) is 12.5 Å². The predicted molar refractivity (Wildman–Crippen MR) is 90.6 cm³/mol. The summed E-state index contributed by atoms with van der Waals surface area (Å²) in [6.07, 6.45) is 1.71. The highest BCUT2D eigenvalue weighted by Gasteiger charge is 2.11. The number of hydrogen-bond acceptors (Lipinski definition) is 5. The summed E-state index contributed by atoms with van der Waals surface area (Å²) in [5.41, 5.74) is 1.02. The Morgan fingerprint density at radius 2 is 2.09 bits per heavy atom. The molecule has 0 aliphatic carbocycles. The number of hydrogen-bond donors (Lipinski definition) is 1. The molecule has 0 aliphatic rings. The maximum absolute atomic E-state index is 6.25. The molecule has 0 fully saturated rings. The molecule has 0 bridgehead atoms. The SMILES string of the molecule is CCOc1c(Cl)cc(CNCCOc2ccccn2)cc1OC. The van der Waals surface area contributed by atoms with Gasteiger partial charge in [0, 0.05) is 25.4 Å². The van der Waals surface area contributed by atoms with E-state index in [2.05, 4.69) is 10.3 Å². The van der Waals surface area contributed by atoms with Gasteiger partial charge in [-0.3, -0.25) is 0 Å². The van der Waals surface area contributed by atoms with Gasteiger partial charge in [-0.2, -0.15) is 0 Å². The van der Waals surface area contributed by atoms with E-state index in [1.54, 1.807) is 13.3 Å². The molecule has 0 amide bonds. The zero-order valence-electron chi connectivity index (χ0n) is 13.3. The van der Waals surface area contributed by atoms with Crippen LogP contribution in [0, 0.1) is 0 Å². The summed E-state index contributed by atoms with van der Waals surface area (Å²) in [5.74, 6) is 1.85. The van der Waals surface area contributed by atoms with E-state index >= 15 is 0 Å². The van der Waals surface area contributed by atoms with E-state index in [1.165, 1.54) is 0 Å². The molecule has 6 heteroatoms. The summed E-state index contributed by atoms with van der Waals surface area (Å²) in [7, 11) is 1.60. The first kappa shape index (κ1) is 17.4. The Kier molecular flexibility index (Phi) is 6.97. The number of ether oxygens (including phenoxy) is 3. The largest absolute Gasteiger partial charge is 0.493 e. The summed E-state index contributed by atoms with van der Waals surface area (Å²) in [6, 6.07) is 9.38. The van der Waals surface area contributed by atoms with E-state index in [4.69, 9.17) is 25.8 Å². The van der Waals surface area contributed by atoms with Gasteiger partial charge < -0.3 is 19.5 Å². The first-order valence-electron chi connectivity index (χ1n) is 7.48. The maximum Gasteiger partial charge on any atom is 0.213 e. The molecule has 1 N–H and O–H groups in total. The predicted octanol–water partition coefficient (Wildman–Crippen LogP) is 3.31. The van der Waals surface area contributed by atoms with Crippen molar-refractivity contribution in [3.8, 4) is 17.4 Å². The highest BCUT2D eigenvalue weighted by molar-refractivity contribution is 6.32. The molecule has 0 unspecified atom stereocenters. The minimum atomic E-state index is 0.540. The number of halogens is 1. The van der Waals surface area contributed by atoms with Gasteiger partial charge in [0.2, 0.25) is 5.88 Å². The Morgan fingerprint density at radius 3 is 2.78 bits per heavy atom. The molecule has 124 valence electrons. The first-order chi connectivity index (χ1) is 11.2. The van der Waals surface area contributed by atoms with E-state index in [1.807, 2.05) is 37.3 Å². The van der Waals surface area contributed by atoms with E-state index in [-0.39, 0.29) is 0 Å². The molecule has 1 heterocycles. The van der Waals surface area contributed by atoms with Crippen molar-refractivity contribution >= 4 is 11.6 Å². The van der Waals surface area contributed by atoms with Crippen LogP contribution in [0.5, 0.6) is 17.4 Å². The molecular formula is C17H21ClN2O3. The fraction of sp³-hybridized carbons (Fsp3) is 0.353. The molecule has 0 spiro atoms. The van der Waals surface area contributed by atoms with Gasteiger partial charge >= 0.3 is 0 Å². The van der Waals surface area contributed by atoms with E-state index in [0.29, 0.717) is 48.7 Å². The van der Waals surface area contributed by atoms with Gasteiger partial charge in [-0.1, -0.05) is 17.7 Å². The van der Waals surface area contributed by atoms with E-state index < -0.39 is 0 Å². The highest BCUT2D eigenvalue weighted by Crippen LogP contribution is 2.36. The van der Waals surface area contributed by atoms with Gasteiger partial charge in [0.15, 0.2) is 11.5 Å². The number of nitrogens with zero attached hydrogens (tertiary/aromatic N) is 1. The minimum absolute atomic E-state index is 0.540. The van der Waals surface area contributed by atoms with Crippen LogP contribution in [0.2, 0.25) is 5.02 Å². The van der Waals surface area contributed by atoms with Crippen molar-refractivity contribution in [3.05, 3.63) is 47.1 Å². The lowest BCUT2D eigenvalue weighted by Gasteiger charge is -2.13. The first-order valence-corrected chi connectivity index (χ1v) is 7.86. The van der Waals surface area contributed by atoms with Crippen molar-refractivity contribution in [3.63, 3.8) is 0 Å². The van der Waals surface area contributed by atoms with Crippen molar-refractivity contribution in [1.82, 2.24) is 10.3 Å². The number of methoxy groups -OCH3 is 1. The zero-order valence-corrected chi connectivity index (χ0v) is 14.1. The number of aromatic nitrogens is 1. The van der Waals surface area contributed by atoms with Gasteiger partial charge in [-0.25, -0.2) is 4.98 Å². The second-order valence-corrected chi connectivity index (χ2v) is 5.14. The van der Waals surface area contributed by atoms with Crippen LogP contribution in [0.3, 0.4) is 0 Å². The third-order valence-corrected chi connectivity index (χ3v) is 3.35. The molecule has 0 saturated carbocycles. The molecule has 0 atom stereocenters. The molecule has 2 aromatic rings. The molecule has 5 nitrogen and oxygen atoms in total. The Balaban J connectivity index is 1.82. The lowest BCUT2D eigenvalue weighted by atomic mass is 10.2. The van der Waals surface area contributed by atoms with Crippen molar-refractivity contribution in [2.24, 2.45) is 0 Å². The number of nitrogens with one attached hydrogen (secondary N) is 1. The normalized spacial score (nSPS) is 10.4. The third kappa shape index (κ3) is 5.30. The summed E-state index contributed by atoms with van der Waals surface area (Å²) >= 11 is 6.25. The van der Waals surface area contributed by atoms with Crippen molar-refractivity contribution in [1.29, 1.82) is 0 Å². The standard InChI is InChI=1S/C17H21ClN2O3/c1-3-22-17-14(18)10-13(11-15(17)21-2)12-19-8-9-23-16-6-4-5-7-20-16/h4-7,10-11,19H,3,8-9,12H2,1-2H3. The van der Waals surface area contributed by atoms with Gasteiger partial charge in [-0.15, -0.1) is 0 Å². The molecule has 0 radical (unpaired) electrons. The van der Waals surface area contributed by atoms with Crippen LogP contribution >= 0.6 is 11.6 Å². The average Bonchev–Trinajstić information content (AvgIpc) is 2.57. The fourth-order valence-corrected chi connectivity index (χ4v) is 2.34. The zero-order chi connectivity index (χ0) is 16.5. The molecule has 0 saturated heterocycles. The number of pyridine rings is 1. The number of benzene rings is 1. The Bertz CT molecular complexity index is 608. The summed E-state index contributed by atoms with van der Waals surface area (Å²) < 4.78 is 16.4. The van der Waals surface area contributed by atoms with Crippen LogP contribution in [0.25, 0.3) is 0 Å². The lowest BCUT2D eigenvalue weighted by Crippen LogP contribution is -2.20. The van der Waals surface area contributed by atoms with E-state index in [9.17, 15) is 0 Å². The second-order valence-electron chi connectivity index (χ2n) is 4.74. The highest BCUT2D eigenvalue weighted by atomic mass is 35.5. The van der Waals surface area contributed by atoms with Crippen molar-refractivity contribution in [2.75, 3.05) is 26.9 Å². The smallest absolute Gasteiger partial charge is 0.213 e. The van der Waals surface area contributed by atoms with Gasteiger partial charge in [0.05, 0.1) is 18.7 Å². The molecule has 0 aliphatic heterocycles. The lowest BCUT2D eigenvalue weighted by molar-refractivity contribution is 0.301. The molecule has 1 aromatic heterocycles. The van der Waals surface area contributed by atoms with Gasteiger partial charge in [0.25, 0.3) is 0 Å². The molecule has 1 aromatic carbocycles. The van der Waals surface area contributed by atoms with Gasteiger partial charge in [-0.05, 0) is 30.7 Å². The molecular weight excluding hydrogens is 316 g/mol. The van der Waals surface area contributed by atoms with Gasteiger partial charge in [0.1, 0.15) is 6.61 Å². The summed E-state index contributed by atoms with van der Waals surface area (Å²) in [5, 5.41) is 3.84. The van der Waals surface area contributed by atoms with Crippen LogP contribution in [0.15, 0.2) is 36.5 Å². The minimum Gasteiger partial charge on any atom is -0.493 e. The average molecular weight is 337 g/mol. The quantitative estimate of drug-likeness (QED) is 0.712. The van der Waals surface area contributed by atoms with Crippen LogP contribution in [-0.4, -0.2) is 31.9 Å². The van der Waals surface area contributed by atoms with Crippen LogP contribution < -0.4 is 19.5 Å². The van der Waals surface area contributed by atoms with Crippen LogP contribution in [0.4, 0.5) is 0 Å². The molecule has 23 heavy (non-hydrogen) atoms. The number of rotatable bonds is 9. The van der Waals surface area contributed by atoms with E-state index in [0.717, 1.165) is 5.56 Å². The van der Waals surface area contributed by atoms with Crippen molar-refractivity contribution < 1.29 is 14.2 Å². The second kappa shape index (κ2) is 9.22. The van der Waals surface area contributed by atoms with Crippen molar-refractivity contribution in [2.45, 2.75) is 13.5 Å². The molecule has 2 rings (SSSR count). The summed E-state index contributed by atoms with van der Waals surface area (Å²) in [6.45, 7) is 4.35. The summed E-state index contributed by atoms with van der Waals surface area (Å²) in [4.78, 5) is 4.10. The Labute approximate surface area is 141 Å².